The Kier molecular flexibility index (Phi) is 2.54. The molecule has 1 aromatic carbocycles. The zero-order chi connectivity index (χ0) is 14.9. The molecule has 3 heteroatoms. The summed E-state index contributed by atoms with van der Waals surface area (Å²) in [7, 11) is 0. The smallest absolute Gasteiger partial charge is 0.0774 e. The summed E-state index contributed by atoms with van der Waals surface area (Å²) in [6.07, 6.45) is 5.34. The van der Waals surface area contributed by atoms with Gasteiger partial charge in [0.25, 0.3) is 0 Å². The fourth-order valence-corrected chi connectivity index (χ4v) is 5.91. The van der Waals surface area contributed by atoms with Crippen LogP contribution in [0.4, 0.5) is 5.69 Å². The minimum Gasteiger partial charge on any atom is -0.389 e. The van der Waals surface area contributed by atoms with Crippen LogP contribution in [-0.4, -0.2) is 40.5 Å². The standard InChI is InChI=1S/C19H24N2O/c1-2-18(22)11-13-7-8-16-19(9-10-21(12-18)17(13)19)14-5-3-4-6-15(14)20-16/h3-6,13,17,22H,2,7-12H2,1H3/t13-,17+,18-,19-/m0/s1. The Labute approximate surface area is 132 Å². The van der Waals surface area contributed by atoms with Crippen LogP contribution >= 0.6 is 0 Å². The summed E-state index contributed by atoms with van der Waals surface area (Å²) >= 11 is 0. The van der Waals surface area contributed by atoms with E-state index in [0.29, 0.717) is 12.0 Å². The van der Waals surface area contributed by atoms with E-state index < -0.39 is 5.60 Å². The molecule has 2 saturated heterocycles. The normalized spacial score (nSPS) is 42.5. The van der Waals surface area contributed by atoms with E-state index in [1.165, 1.54) is 29.8 Å². The highest BCUT2D eigenvalue weighted by atomic mass is 16.3. The number of para-hydroxylation sites is 1. The molecule has 1 aromatic rings. The Morgan fingerprint density at radius 1 is 1.36 bits per heavy atom. The third-order valence-electron chi connectivity index (χ3n) is 6.84. The fourth-order valence-electron chi connectivity index (χ4n) is 5.91. The van der Waals surface area contributed by atoms with Gasteiger partial charge in [0.1, 0.15) is 0 Å². The van der Waals surface area contributed by atoms with Crippen LogP contribution in [0, 0.1) is 5.92 Å². The second-order valence-corrected chi connectivity index (χ2v) is 7.79. The van der Waals surface area contributed by atoms with Crippen LogP contribution < -0.4 is 0 Å². The van der Waals surface area contributed by atoms with Gasteiger partial charge < -0.3 is 5.11 Å². The number of nitrogens with zero attached hydrogens (tertiary/aromatic N) is 2. The van der Waals surface area contributed by atoms with Crippen molar-refractivity contribution >= 4 is 11.4 Å². The van der Waals surface area contributed by atoms with Crippen LogP contribution in [0.2, 0.25) is 0 Å². The van der Waals surface area contributed by atoms with E-state index in [9.17, 15) is 5.11 Å². The minimum absolute atomic E-state index is 0.161. The van der Waals surface area contributed by atoms with Gasteiger partial charge >= 0.3 is 0 Å². The molecule has 3 fully saturated rings. The quantitative estimate of drug-likeness (QED) is 0.864. The Hall–Kier alpha value is -1.19. The van der Waals surface area contributed by atoms with E-state index >= 15 is 0 Å². The predicted molar refractivity (Wildman–Crippen MR) is 87.8 cm³/mol. The van der Waals surface area contributed by atoms with Crippen molar-refractivity contribution in [2.24, 2.45) is 10.9 Å². The van der Waals surface area contributed by atoms with E-state index in [1.807, 2.05) is 0 Å². The second kappa shape index (κ2) is 4.21. The molecule has 22 heavy (non-hydrogen) atoms. The average Bonchev–Trinajstić information content (AvgIpc) is 3.07. The molecule has 0 aromatic heterocycles. The van der Waals surface area contributed by atoms with Crippen molar-refractivity contribution in [3.05, 3.63) is 29.8 Å². The van der Waals surface area contributed by atoms with Gasteiger partial charge in [0.2, 0.25) is 0 Å². The van der Waals surface area contributed by atoms with Gasteiger partial charge in [-0.05, 0) is 56.2 Å². The summed E-state index contributed by atoms with van der Waals surface area (Å²) in [4.78, 5) is 7.61. The number of fused-ring (bicyclic) bond motifs is 1. The number of rotatable bonds is 1. The van der Waals surface area contributed by atoms with Crippen LogP contribution in [-0.2, 0) is 5.41 Å². The lowest BCUT2D eigenvalue weighted by Crippen LogP contribution is -2.62. The molecule has 0 radical (unpaired) electrons. The first-order valence-electron chi connectivity index (χ1n) is 8.80. The summed E-state index contributed by atoms with van der Waals surface area (Å²) < 4.78 is 0. The molecule has 0 unspecified atom stereocenters. The van der Waals surface area contributed by atoms with Crippen LogP contribution in [0.1, 0.15) is 44.6 Å². The first kappa shape index (κ1) is 13.3. The molecule has 4 aliphatic rings. The summed E-state index contributed by atoms with van der Waals surface area (Å²) in [5, 5.41) is 10.9. The maximum Gasteiger partial charge on any atom is 0.0774 e. The molecule has 0 bridgehead atoms. The highest BCUT2D eigenvalue weighted by Crippen LogP contribution is 2.58. The largest absolute Gasteiger partial charge is 0.389 e. The van der Waals surface area contributed by atoms with Gasteiger partial charge in [-0.25, -0.2) is 0 Å². The summed E-state index contributed by atoms with van der Waals surface area (Å²) in [6, 6.07) is 9.33. The molecule has 1 aliphatic carbocycles. The van der Waals surface area contributed by atoms with Crippen LogP contribution in [0.3, 0.4) is 0 Å². The van der Waals surface area contributed by atoms with Crippen molar-refractivity contribution in [1.29, 1.82) is 0 Å². The number of aliphatic hydroxyl groups is 1. The van der Waals surface area contributed by atoms with E-state index in [1.54, 1.807) is 0 Å². The Morgan fingerprint density at radius 2 is 2.23 bits per heavy atom. The molecular formula is C19H24N2O. The number of benzene rings is 1. The number of aliphatic imine (C=N–C) groups is 1. The summed E-state index contributed by atoms with van der Waals surface area (Å²) in [5.41, 5.74) is 3.79. The summed E-state index contributed by atoms with van der Waals surface area (Å²) in [5.74, 6) is 0.617. The van der Waals surface area contributed by atoms with Gasteiger partial charge in [-0.1, -0.05) is 25.1 Å². The van der Waals surface area contributed by atoms with Crippen molar-refractivity contribution in [2.45, 2.75) is 56.1 Å². The predicted octanol–water partition coefficient (Wildman–Crippen LogP) is 3.04. The van der Waals surface area contributed by atoms with Crippen molar-refractivity contribution < 1.29 is 5.11 Å². The lowest BCUT2D eigenvalue weighted by Gasteiger charge is -2.53. The van der Waals surface area contributed by atoms with Crippen molar-refractivity contribution in [3.8, 4) is 0 Å². The molecule has 3 nitrogen and oxygen atoms in total. The molecule has 5 rings (SSSR count). The van der Waals surface area contributed by atoms with E-state index in [4.69, 9.17) is 4.99 Å². The SMILES string of the molecule is CC[C@]1(O)C[C@@H]2CCC3=Nc4ccccc4[C@@]34CCN(C1)[C@H]24. The lowest BCUT2D eigenvalue weighted by molar-refractivity contribution is -0.0779. The second-order valence-electron chi connectivity index (χ2n) is 7.79. The number of hydrogen-bond acceptors (Lipinski definition) is 3. The highest BCUT2D eigenvalue weighted by molar-refractivity contribution is 6.03. The Balaban J connectivity index is 1.64. The lowest BCUT2D eigenvalue weighted by atomic mass is 9.59. The fraction of sp³-hybridized carbons (Fsp3) is 0.632. The minimum atomic E-state index is -0.473. The third-order valence-corrected chi connectivity index (χ3v) is 6.84. The van der Waals surface area contributed by atoms with Gasteiger partial charge in [0, 0.05) is 18.3 Å². The van der Waals surface area contributed by atoms with E-state index in [2.05, 4.69) is 36.1 Å². The first-order valence-corrected chi connectivity index (χ1v) is 8.80. The molecular weight excluding hydrogens is 272 g/mol. The molecule has 1 saturated carbocycles. The maximum atomic E-state index is 10.9. The highest BCUT2D eigenvalue weighted by Gasteiger charge is 2.62. The van der Waals surface area contributed by atoms with Gasteiger partial charge in [-0.2, -0.15) is 0 Å². The monoisotopic (exact) mass is 296 g/mol. The average molecular weight is 296 g/mol. The van der Waals surface area contributed by atoms with Gasteiger partial charge in [-0.3, -0.25) is 9.89 Å². The maximum absolute atomic E-state index is 10.9. The Bertz CT molecular complexity index is 669. The molecule has 116 valence electrons. The van der Waals surface area contributed by atoms with Gasteiger partial charge in [0.05, 0.1) is 16.7 Å². The van der Waals surface area contributed by atoms with Crippen LogP contribution in [0.15, 0.2) is 29.3 Å². The van der Waals surface area contributed by atoms with Crippen LogP contribution in [0.5, 0.6) is 0 Å². The van der Waals surface area contributed by atoms with Gasteiger partial charge in [0.15, 0.2) is 0 Å². The molecule has 4 atom stereocenters. The Morgan fingerprint density at radius 3 is 3.09 bits per heavy atom. The molecule has 1 N–H and O–H groups in total. The topological polar surface area (TPSA) is 35.8 Å². The molecule has 1 spiro atoms. The van der Waals surface area contributed by atoms with Crippen LogP contribution in [0.25, 0.3) is 0 Å². The first-order chi connectivity index (χ1) is 10.7. The molecule has 3 heterocycles. The zero-order valence-corrected chi connectivity index (χ0v) is 13.3. The zero-order valence-electron chi connectivity index (χ0n) is 13.3. The molecule has 0 amide bonds. The van der Waals surface area contributed by atoms with Crippen molar-refractivity contribution in [2.75, 3.05) is 13.1 Å². The summed E-state index contributed by atoms with van der Waals surface area (Å²) in [6.45, 7) is 4.09. The number of hydrogen-bond donors (Lipinski definition) is 1. The molecule has 3 aliphatic heterocycles. The van der Waals surface area contributed by atoms with Gasteiger partial charge in [-0.15, -0.1) is 0 Å². The number of piperidine rings is 1. The van der Waals surface area contributed by atoms with E-state index in [-0.39, 0.29) is 5.41 Å². The van der Waals surface area contributed by atoms with Crippen molar-refractivity contribution in [3.63, 3.8) is 0 Å². The van der Waals surface area contributed by atoms with Crippen molar-refractivity contribution in [1.82, 2.24) is 4.90 Å². The third kappa shape index (κ3) is 1.47. The van der Waals surface area contributed by atoms with E-state index in [0.717, 1.165) is 32.4 Å².